The average molecular weight is 281 g/mol. The molecule has 0 atom stereocenters. The van der Waals surface area contributed by atoms with Gasteiger partial charge in [0.05, 0.1) is 18.2 Å². The SMILES string of the molecule is c1cc2c(c(-c3cncn3CCc3ncno3)c1)NCC2. The van der Waals surface area contributed by atoms with Gasteiger partial charge in [0.25, 0.3) is 0 Å². The monoisotopic (exact) mass is 281 g/mol. The van der Waals surface area contributed by atoms with E-state index in [9.17, 15) is 0 Å². The number of anilines is 1. The number of aromatic nitrogens is 4. The Morgan fingerprint density at radius 3 is 3.24 bits per heavy atom. The minimum absolute atomic E-state index is 0.645. The van der Waals surface area contributed by atoms with E-state index < -0.39 is 0 Å². The first-order valence-corrected chi connectivity index (χ1v) is 7.03. The van der Waals surface area contributed by atoms with Crippen LogP contribution in [0.3, 0.4) is 0 Å². The summed E-state index contributed by atoms with van der Waals surface area (Å²) in [5.74, 6) is 0.645. The number of hydrogen-bond acceptors (Lipinski definition) is 5. The van der Waals surface area contributed by atoms with E-state index >= 15 is 0 Å². The van der Waals surface area contributed by atoms with Crippen LogP contribution in [0.5, 0.6) is 0 Å². The highest BCUT2D eigenvalue weighted by Gasteiger charge is 2.17. The standard InChI is InChI=1S/C15H15N5O/c1-2-11-4-6-17-15(11)12(3-1)13-8-16-10-20(13)7-5-14-18-9-19-21-14/h1-3,8-10,17H,4-7H2. The highest BCUT2D eigenvalue weighted by molar-refractivity contribution is 5.79. The average Bonchev–Trinajstić information content (AvgIpc) is 3.25. The maximum atomic E-state index is 5.04. The predicted molar refractivity (Wildman–Crippen MR) is 77.9 cm³/mol. The van der Waals surface area contributed by atoms with Crippen LogP contribution in [0.2, 0.25) is 0 Å². The quantitative estimate of drug-likeness (QED) is 0.793. The van der Waals surface area contributed by atoms with Crippen LogP contribution in [0.4, 0.5) is 5.69 Å². The molecule has 1 N–H and O–H groups in total. The van der Waals surface area contributed by atoms with Gasteiger partial charge in [0.15, 0.2) is 6.33 Å². The van der Waals surface area contributed by atoms with Crippen molar-refractivity contribution in [3.8, 4) is 11.3 Å². The lowest BCUT2D eigenvalue weighted by molar-refractivity contribution is 0.371. The van der Waals surface area contributed by atoms with Crippen LogP contribution in [0.25, 0.3) is 11.3 Å². The molecule has 1 aliphatic rings. The summed E-state index contributed by atoms with van der Waals surface area (Å²) >= 11 is 0. The third-order valence-corrected chi connectivity index (χ3v) is 3.81. The molecule has 1 aliphatic heterocycles. The number of rotatable bonds is 4. The molecule has 0 radical (unpaired) electrons. The van der Waals surface area contributed by atoms with Crippen molar-refractivity contribution in [2.75, 3.05) is 11.9 Å². The summed E-state index contributed by atoms with van der Waals surface area (Å²) in [5.41, 5.74) is 4.92. The second-order valence-electron chi connectivity index (χ2n) is 5.07. The van der Waals surface area contributed by atoms with Gasteiger partial charge in [-0.2, -0.15) is 4.98 Å². The first-order valence-electron chi connectivity index (χ1n) is 7.03. The fourth-order valence-electron chi connectivity index (χ4n) is 2.80. The van der Waals surface area contributed by atoms with Gasteiger partial charge in [0.1, 0.15) is 0 Å². The third kappa shape index (κ3) is 2.18. The summed E-state index contributed by atoms with van der Waals surface area (Å²) in [7, 11) is 0. The molecule has 1 aromatic carbocycles. The van der Waals surface area contributed by atoms with Gasteiger partial charge >= 0.3 is 0 Å². The van der Waals surface area contributed by atoms with E-state index in [1.807, 2.05) is 12.5 Å². The molecule has 0 saturated carbocycles. The number of imidazole rings is 1. The molecular formula is C15H15N5O. The van der Waals surface area contributed by atoms with E-state index in [0.29, 0.717) is 12.3 Å². The molecule has 2 aromatic heterocycles. The molecule has 0 spiro atoms. The first-order chi connectivity index (χ1) is 10.4. The summed E-state index contributed by atoms with van der Waals surface area (Å²) in [5, 5.41) is 7.10. The van der Waals surface area contributed by atoms with Crippen molar-refractivity contribution in [2.24, 2.45) is 0 Å². The highest BCUT2D eigenvalue weighted by Crippen LogP contribution is 2.34. The van der Waals surface area contributed by atoms with Crippen molar-refractivity contribution in [3.05, 3.63) is 48.5 Å². The predicted octanol–water partition coefficient (Wildman–Crippen LogP) is 2.14. The number of hydrogen-bond donors (Lipinski definition) is 1. The number of aryl methyl sites for hydroxylation is 2. The van der Waals surface area contributed by atoms with Gasteiger partial charge < -0.3 is 14.4 Å². The van der Waals surface area contributed by atoms with Crippen molar-refractivity contribution in [3.63, 3.8) is 0 Å². The molecule has 6 heteroatoms. The van der Waals surface area contributed by atoms with Crippen molar-refractivity contribution in [1.29, 1.82) is 0 Å². The molecule has 6 nitrogen and oxygen atoms in total. The third-order valence-electron chi connectivity index (χ3n) is 3.81. The fourth-order valence-corrected chi connectivity index (χ4v) is 2.80. The first kappa shape index (κ1) is 12.1. The number of nitrogens with one attached hydrogen (secondary N) is 1. The van der Waals surface area contributed by atoms with Crippen molar-refractivity contribution in [1.82, 2.24) is 19.7 Å². The van der Waals surface area contributed by atoms with Crippen molar-refractivity contribution in [2.45, 2.75) is 19.4 Å². The van der Waals surface area contributed by atoms with Crippen LogP contribution >= 0.6 is 0 Å². The molecule has 0 unspecified atom stereocenters. The van der Waals surface area contributed by atoms with Gasteiger partial charge in [-0.25, -0.2) is 4.98 Å². The lowest BCUT2D eigenvalue weighted by Crippen LogP contribution is -2.03. The minimum atomic E-state index is 0.645. The van der Waals surface area contributed by atoms with Crippen LogP contribution in [0.15, 0.2) is 41.6 Å². The molecule has 3 aromatic rings. The zero-order valence-electron chi connectivity index (χ0n) is 11.5. The molecule has 4 rings (SSSR count). The molecule has 0 fully saturated rings. The molecule has 0 saturated heterocycles. The summed E-state index contributed by atoms with van der Waals surface area (Å²) in [4.78, 5) is 8.34. The maximum Gasteiger partial charge on any atom is 0.228 e. The van der Waals surface area contributed by atoms with Gasteiger partial charge in [-0.3, -0.25) is 0 Å². The van der Waals surface area contributed by atoms with E-state index in [4.69, 9.17) is 4.52 Å². The van der Waals surface area contributed by atoms with Gasteiger partial charge in [0.2, 0.25) is 5.89 Å². The number of para-hydroxylation sites is 1. The van der Waals surface area contributed by atoms with Crippen molar-refractivity contribution < 1.29 is 4.52 Å². The van der Waals surface area contributed by atoms with E-state index in [0.717, 1.165) is 25.2 Å². The largest absolute Gasteiger partial charge is 0.384 e. The number of fused-ring (bicyclic) bond motifs is 1. The fraction of sp³-hybridized carbons (Fsp3) is 0.267. The minimum Gasteiger partial charge on any atom is -0.384 e. The Morgan fingerprint density at radius 1 is 1.33 bits per heavy atom. The number of nitrogens with zero attached hydrogens (tertiary/aromatic N) is 4. The van der Waals surface area contributed by atoms with Crippen LogP contribution in [-0.4, -0.2) is 26.2 Å². The lowest BCUT2D eigenvalue weighted by Gasteiger charge is -2.11. The Hall–Kier alpha value is -2.63. The van der Waals surface area contributed by atoms with E-state index in [1.54, 1.807) is 0 Å². The smallest absolute Gasteiger partial charge is 0.228 e. The topological polar surface area (TPSA) is 68.8 Å². The Morgan fingerprint density at radius 2 is 2.33 bits per heavy atom. The Labute approximate surface area is 121 Å². The zero-order valence-corrected chi connectivity index (χ0v) is 11.5. The summed E-state index contributed by atoms with van der Waals surface area (Å²) in [6.07, 6.45) is 6.97. The highest BCUT2D eigenvalue weighted by atomic mass is 16.5. The second kappa shape index (κ2) is 5.05. The molecule has 21 heavy (non-hydrogen) atoms. The molecular weight excluding hydrogens is 266 g/mol. The van der Waals surface area contributed by atoms with Crippen LogP contribution in [0.1, 0.15) is 11.5 Å². The van der Waals surface area contributed by atoms with Gasteiger partial charge in [-0.05, 0) is 12.0 Å². The Kier molecular flexibility index (Phi) is 2.92. The van der Waals surface area contributed by atoms with E-state index in [1.165, 1.54) is 23.1 Å². The Bertz CT molecular complexity index is 747. The van der Waals surface area contributed by atoms with Crippen LogP contribution < -0.4 is 5.32 Å². The normalized spacial score (nSPS) is 13.1. The number of benzene rings is 1. The maximum absolute atomic E-state index is 5.04. The van der Waals surface area contributed by atoms with Gasteiger partial charge in [-0.1, -0.05) is 23.4 Å². The molecule has 106 valence electrons. The molecule has 3 heterocycles. The molecule has 0 amide bonds. The zero-order chi connectivity index (χ0) is 14.1. The summed E-state index contributed by atoms with van der Waals surface area (Å²) < 4.78 is 7.17. The van der Waals surface area contributed by atoms with Crippen LogP contribution in [-0.2, 0) is 19.4 Å². The van der Waals surface area contributed by atoms with E-state index in [2.05, 4.69) is 43.2 Å². The second-order valence-corrected chi connectivity index (χ2v) is 5.07. The van der Waals surface area contributed by atoms with Gasteiger partial charge in [0, 0.05) is 30.8 Å². The molecule has 0 bridgehead atoms. The van der Waals surface area contributed by atoms with Crippen LogP contribution in [0, 0.1) is 0 Å². The molecule has 0 aliphatic carbocycles. The van der Waals surface area contributed by atoms with Crippen molar-refractivity contribution >= 4 is 5.69 Å². The summed E-state index contributed by atoms with van der Waals surface area (Å²) in [6.45, 7) is 1.77. The summed E-state index contributed by atoms with van der Waals surface area (Å²) in [6, 6.07) is 6.42. The lowest BCUT2D eigenvalue weighted by atomic mass is 10.1. The van der Waals surface area contributed by atoms with Gasteiger partial charge in [-0.15, -0.1) is 0 Å². The van der Waals surface area contributed by atoms with E-state index in [-0.39, 0.29) is 0 Å². The Balaban J connectivity index is 1.65.